The Morgan fingerprint density at radius 3 is 2.57 bits per heavy atom. The summed E-state index contributed by atoms with van der Waals surface area (Å²) in [5, 5.41) is 6.97. The molecule has 0 atom stereocenters. The molecule has 0 unspecified atom stereocenters. The molecule has 0 spiro atoms. The Morgan fingerprint density at radius 1 is 1.30 bits per heavy atom. The van der Waals surface area contributed by atoms with Crippen molar-refractivity contribution >= 4 is 29.9 Å². The summed E-state index contributed by atoms with van der Waals surface area (Å²) in [5.74, 6) is 1.78. The summed E-state index contributed by atoms with van der Waals surface area (Å²) in [6.07, 6.45) is 1.61. The third-order valence-corrected chi connectivity index (χ3v) is 3.10. The predicted molar refractivity (Wildman–Crippen MR) is 103 cm³/mol. The highest BCUT2D eigenvalue weighted by Crippen LogP contribution is 2.18. The molecule has 0 saturated carbocycles. The largest absolute Gasteiger partial charge is 0.370 e. The monoisotopic (exact) mass is 429 g/mol. The first-order valence-corrected chi connectivity index (χ1v) is 7.56. The number of nitrogens with one attached hydrogen (secondary N) is 1. The van der Waals surface area contributed by atoms with Crippen molar-refractivity contribution in [3.63, 3.8) is 0 Å². The van der Waals surface area contributed by atoms with E-state index < -0.39 is 0 Å². The molecular weight excluding hydrogens is 405 g/mol. The molecule has 1 aromatic carbocycles. The first-order chi connectivity index (χ1) is 10.6. The first-order valence-electron chi connectivity index (χ1n) is 7.56. The highest BCUT2D eigenvalue weighted by atomic mass is 127. The molecule has 0 aliphatic heterocycles. The van der Waals surface area contributed by atoms with E-state index in [0.717, 1.165) is 24.2 Å². The van der Waals surface area contributed by atoms with Gasteiger partial charge in [-0.15, -0.1) is 24.0 Å². The third-order valence-electron chi connectivity index (χ3n) is 3.10. The van der Waals surface area contributed by atoms with Crippen LogP contribution in [0, 0.1) is 0 Å². The van der Waals surface area contributed by atoms with Crippen LogP contribution in [0.2, 0.25) is 0 Å². The Morgan fingerprint density at radius 2 is 2.00 bits per heavy atom. The van der Waals surface area contributed by atoms with Crippen LogP contribution in [0.15, 0.2) is 33.8 Å². The minimum absolute atomic E-state index is 0. The van der Waals surface area contributed by atoms with Gasteiger partial charge in [0.05, 0.1) is 0 Å². The average molecular weight is 429 g/mol. The molecule has 23 heavy (non-hydrogen) atoms. The maximum absolute atomic E-state index is 5.77. The number of rotatable bonds is 6. The lowest BCUT2D eigenvalue weighted by Crippen LogP contribution is -2.36. The van der Waals surface area contributed by atoms with Crippen LogP contribution < -0.4 is 11.1 Å². The summed E-state index contributed by atoms with van der Waals surface area (Å²) in [7, 11) is 0. The van der Waals surface area contributed by atoms with E-state index in [2.05, 4.69) is 20.4 Å². The second kappa shape index (κ2) is 9.49. The van der Waals surface area contributed by atoms with Gasteiger partial charge in [-0.2, -0.15) is 4.98 Å². The molecular formula is C16H24IN5O. The van der Waals surface area contributed by atoms with Crippen LogP contribution >= 0.6 is 24.0 Å². The number of aliphatic imine (C=N–C) groups is 1. The van der Waals surface area contributed by atoms with Gasteiger partial charge in [-0.3, -0.25) is 4.99 Å². The SMILES string of the molecule is CCc1noc(-c2ccc(CCN=C(N)NC(C)C)cc2)n1.I. The zero-order chi connectivity index (χ0) is 15.9. The molecule has 6 nitrogen and oxygen atoms in total. The van der Waals surface area contributed by atoms with Gasteiger partial charge in [0.15, 0.2) is 11.8 Å². The van der Waals surface area contributed by atoms with Gasteiger partial charge in [0.2, 0.25) is 0 Å². The Balaban J connectivity index is 0.00000264. The Kier molecular flexibility index (Phi) is 8.01. The number of halogens is 1. The van der Waals surface area contributed by atoms with Gasteiger partial charge in [0, 0.05) is 24.6 Å². The predicted octanol–water partition coefficient (Wildman–Crippen LogP) is 2.77. The molecule has 0 saturated heterocycles. The second-order valence-corrected chi connectivity index (χ2v) is 5.38. The van der Waals surface area contributed by atoms with Crippen LogP contribution in [-0.2, 0) is 12.8 Å². The molecule has 0 amide bonds. The number of benzene rings is 1. The highest BCUT2D eigenvalue weighted by Gasteiger charge is 2.07. The first kappa shape index (κ1) is 19.4. The molecule has 0 radical (unpaired) electrons. The Hall–Kier alpha value is -1.64. The van der Waals surface area contributed by atoms with Gasteiger partial charge in [-0.25, -0.2) is 0 Å². The summed E-state index contributed by atoms with van der Waals surface area (Å²) in [6.45, 7) is 6.72. The molecule has 0 bridgehead atoms. The van der Waals surface area contributed by atoms with E-state index in [1.807, 2.05) is 45.0 Å². The number of aryl methyl sites for hydroxylation is 1. The molecule has 7 heteroatoms. The number of guanidine groups is 1. The fourth-order valence-corrected chi connectivity index (χ4v) is 1.98. The summed E-state index contributed by atoms with van der Waals surface area (Å²) in [6, 6.07) is 8.37. The van der Waals surface area contributed by atoms with E-state index in [1.54, 1.807) is 0 Å². The van der Waals surface area contributed by atoms with Crippen molar-refractivity contribution in [3.05, 3.63) is 35.7 Å². The summed E-state index contributed by atoms with van der Waals surface area (Å²) < 4.78 is 5.22. The zero-order valence-corrected chi connectivity index (χ0v) is 16.1. The van der Waals surface area contributed by atoms with Gasteiger partial charge in [0.25, 0.3) is 5.89 Å². The molecule has 1 aromatic heterocycles. The van der Waals surface area contributed by atoms with E-state index in [4.69, 9.17) is 10.3 Å². The fourth-order valence-electron chi connectivity index (χ4n) is 1.98. The van der Waals surface area contributed by atoms with Crippen molar-refractivity contribution in [1.29, 1.82) is 0 Å². The van der Waals surface area contributed by atoms with E-state index in [1.165, 1.54) is 5.56 Å². The minimum atomic E-state index is 0. The van der Waals surface area contributed by atoms with Crippen molar-refractivity contribution in [3.8, 4) is 11.5 Å². The zero-order valence-electron chi connectivity index (χ0n) is 13.7. The van der Waals surface area contributed by atoms with Crippen molar-refractivity contribution < 1.29 is 4.52 Å². The van der Waals surface area contributed by atoms with Crippen LogP contribution in [0.5, 0.6) is 0 Å². The smallest absolute Gasteiger partial charge is 0.257 e. The van der Waals surface area contributed by atoms with Gasteiger partial charge in [-0.1, -0.05) is 24.2 Å². The summed E-state index contributed by atoms with van der Waals surface area (Å²) in [4.78, 5) is 8.61. The molecule has 2 aromatic rings. The maximum atomic E-state index is 5.77. The molecule has 0 fully saturated rings. The van der Waals surface area contributed by atoms with E-state index in [-0.39, 0.29) is 24.0 Å². The van der Waals surface area contributed by atoms with E-state index in [0.29, 0.717) is 24.4 Å². The van der Waals surface area contributed by atoms with Gasteiger partial charge in [0.1, 0.15) is 0 Å². The van der Waals surface area contributed by atoms with E-state index in [9.17, 15) is 0 Å². The molecule has 126 valence electrons. The van der Waals surface area contributed by atoms with Gasteiger partial charge in [-0.05, 0) is 38.0 Å². The minimum Gasteiger partial charge on any atom is -0.370 e. The van der Waals surface area contributed by atoms with Crippen LogP contribution in [0.4, 0.5) is 0 Å². The van der Waals surface area contributed by atoms with Crippen molar-refractivity contribution in [1.82, 2.24) is 15.5 Å². The average Bonchev–Trinajstić information content (AvgIpc) is 2.96. The maximum Gasteiger partial charge on any atom is 0.257 e. The summed E-state index contributed by atoms with van der Waals surface area (Å²) >= 11 is 0. The van der Waals surface area contributed by atoms with Crippen molar-refractivity contribution in [2.75, 3.05) is 6.54 Å². The number of hydrogen-bond donors (Lipinski definition) is 2. The highest BCUT2D eigenvalue weighted by molar-refractivity contribution is 14.0. The third kappa shape index (κ3) is 6.17. The van der Waals surface area contributed by atoms with E-state index >= 15 is 0 Å². The Bertz CT molecular complexity index is 622. The number of nitrogens with zero attached hydrogens (tertiary/aromatic N) is 3. The molecule has 0 aliphatic rings. The molecule has 3 N–H and O–H groups in total. The van der Waals surface area contributed by atoms with Crippen LogP contribution in [-0.4, -0.2) is 28.7 Å². The van der Waals surface area contributed by atoms with Gasteiger partial charge < -0.3 is 15.6 Å². The molecule has 0 aliphatic carbocycles. The standard InChI is InChI=1S/C16H23N5O.HI/c1-4-14-20-15(22-21-14)13-7-5-12(6-8-13)9-10-18-16(17)19-11(2)3;/h5-8,11H,4,9-10H2,1-3H3,(H3,17,18,19);1H. The fraction of sp³-hybridized carbons (Fsp3) is 0.438. The number of nitrogens with two attached hydrogens (primary N) is 1. The van der Waals surface area contributed by atoms with Crippen LogP contribution in [0.3, 0.4) is 0 Å². The lowest BCUT2D eigenvalue weighted by molar-refractivity contribution is 0.423. The normalized spacial score (nSPS) is 11.4. The van der Waals surface area contributed by atoms with Crippen molar-refractivity contribution in [2.24, 2.45) is 10.7 Å². The summed E-state index contributed by atoms with van der Waals surface area (Å²) in [5.41, 5.74) is 7.89. The molecule has 2 rings (SSSR count). The quantitative estimate of drug-likeness (QED) is 0.419. The lowest BCUT2D eigenvalue weighted by atomic mass is 10.1. The van der Waals surface area contributed by atoms with Crippen LogP contribution in [0.1, 0.15) is 32.2 Å². The topological polar surface area (TPSA) is 89.3 Å². The Labute approximate surface area is 154 Å². The van der Waals surface area contributed by atoms with Crippen LogP contribution in [0.25, 0.3) is 11.5 Å². The van der Waals surface area contributed by atoms with Gasteiger partial charge >= 0.3 is 0 Å². The lowest BCUT2D eigenvalue weighted by Gasteiger charge is -2.08. The second-order valence-electron chi connectivity index (χ2n) is 5.38. The number of aromatic nitrogens is 2. The number of hydrogen-bond acceptors (Lipinski definition) is 4. The molecule has 1 heterocycles. The van der Waals surface area contributed by atoms with Crippen molar-refractivity contribution in [2.45, 2.75) is 39.7 Å².